The van der Waals surface area contributed by atoms with E-state index in [4.69, 9.17) is 0 Å². The van der Waals surface area contributed by atoms with Crippen molar-refractivity contribution in [1.29, 1.82) is 0 Å². The van der Waals surface area contributed by atoms with Crippen molar-refractivity contribution in [2.24, 2.45) is 11.8 Å². The molecule has 0 unspecified atom stereocenters. The van der Waals surface area contributed by atoms with Crippen LogP contribution in [0.3, 0.4) is 0 Å². The Bertz CT molecular complexity index is 550. The molecule has 0 spiro atoms. The summed E-state index contributed by atoms with van der Waals surface area (Å²) in [4.78, 5) is 0. The van der Waals surface area contributed by atoms with Crippen LogP contribution >= 0.6 is 0 Å². The normalized spacial score (nSPS) is 29.7. The van der Waals surface area contributed by atoms with Gasteiger partial charge in [-0.1, -0.05) is 70.4 Å². The molecule has 1 aromatic carbocycles. The van der Waals surface area contributed by atoms with E-state index in [1.54, 1.807) is 0 Å². The molecule has 4 heteroatoms. The molecule has 0 amide bonds. The molecular formula is C22H33F3Si. The minimum atomic E-state index is -1.35. The van der Waals surface area contributed by atoms with Crippen LogP contribution in [0.15, 0.2) is 12.1 Å². The number of hydrogen-bond acceptors (Lipinski definition) is 0. The van der Waals surface area contributed by atoms with Gasteiger partial charge in [0.25, 0.3) is 0 Å². The number of rotatable bonds is 6. The van der Waals surface area contributed by atoms with E-state index in [1.165, 1.54) is 63.5 Å². The van der Waals surface area contributed by atoms with Crippen molar-refractivity contribution in [2.45, 2.75) is 88.8 Å². The first-order valence-corrected chi connectivity index (χ1v) is 13.0. The molecule has 0 N–H and O–H groups in total. The highest BCUT2D eigenvalue weighted by Crippen LogP contribution is 2.42. The van der Waals surface area contributed by atoms with Gasteiger partial charge >= 0.3 is 0 Å². The van der Waals surface area contributed by atoms with E-state index in [2.05, 4.69) is 6.92 Å². The Morgan fingerprint density at radius 3 is 2.00 bits per heavy atom. The van der Waals surface area contributed by atoms with Gasteiger partial charge < -0.3 is 0 Å². The monoisotopic (exact) mass is 382 g/mol. The zero-order valence-corrected chi connectivity index (χ0v) is 17.2. The SMILES string of the molecule is CCCC1CCC([SiH]2CCC(CCc3cc(F)c(F)c(F)c3)CC2)CC1. The number of halogens is 3. The molecule has 2 aliphatic rings. The lowest BCUT2D eigenvalue weighted by atomic mass is 9.86. The lowest BCUT2D eigenvalue weighted by Crippen LogP contribution is -2.29. The molecule has 1 aliphatic carbocycles. The quantitative estimate of drug-likeness (QED) is 0.366. The van der Waals surface area contributed by atoms with Crippen LogP contribution in [-0.4, -0.2) is 8.80 Å². The fraction of sp³-hybridized carbons (Fsp3) is 0.727. The first kappa shape index (κ1) is 20.0. The van der Waals surface area contributed by atoms with Gasteiger partial charge in [-0.15, -0.1) is 0 Å². The van der Waals surface area contributed by atoms with E-state index >= 15 is 0 Å². The van der Waals surface area contributed by atoms with Gasteiger partial charge in [-0.3, -0.25) is 0 Å². The van der Waals surface area contributed by atoms with Gasteiger partial charge in [-0.05, 0) is 47.9 Å². The standard InChI is InChI=1S/C22H33F3Si/c1-2-3-16-6-8-19(9-7-16)26-12-10-17(11-13-26)4-5-18-14-20(23)22(25)21(24)15-18/h14-17,19,26H,2-13H2,1H3. The minimum Gasteiger partial charge on any atom is -0.204 e. The summed E-state index contributed by atoms with van der Waals surface area (Å²) in [5, 5.41) is 0. The molecule has 3 rings (SSSR count). The van der Waals surface area contributed by atoms with Crippen LogP contribution in [0, 0.1) is 29.3 Å². The Morgan fingerprint density at radius 1 is 0.846 bits per heavy atom. The van der Waals surface area contributed by atoms with E-state index in [9.17, 15) is 13.2 Å². The summed E-state index contributed by atoms with van der Waals surface area (Å²) >= 11 is 0. The summed E-state index contributed by atoms with van der Waals surface area (Å²) in [6.07, 6.45) is 12.9. The van der Waals surface area contributed by atoms with Crippen molar-refractivity contribution >= 4 is 8.80 Å². The van der Waals surface area contributed by atoms with E-state index in [0.717, 1.165) is 30.0 Å². The summed E-state index contributed by atoms with van der Waals surface area (Å²) in [7, 11) is -0.585. The van der Waals surface area contributed by atoms with E-state index in [1.807, 2.05) is 0 Å². The Balaban J connectivity index is 1.40. The van der Waals surface area contributed by atoms with Gasteiger partial charge in [0.05, 0.1) is 0 Å². The molecule has 0 radical (unpaired) electrons. The number of hydrogen-bond donors (Lipinski definition) is 0. The topological polar surface area (TPSA) is 0 Å². The molecule has 0 nitrogen and oxygen atoms in total. The summed E-state index contributed by atoms with van der Waals surface area (Å²) in [5.74, 6) is -1.79. The van der Waals surface area contributed by atoms with Crippen LogP contribution in [0.1, 0.15) is 70.3 Å². The molecule has 1 saturated heterocycles. The predicted molar refractivity (Wildman–Crippen MR) is 105 cm³/mol. The van der Waals surface area contributed by atoms with Crippen LogP contribution in [0.5, 0.6) is 0 Å². The summed E-state index contributed by atoms with van der Waals surface area (Å²) in [5.41, 5.74) is 1.67. The Kier molecular flexibility index (Phi) is 7.25. The van der Waals surface area contributed by atoms with Crippen LogP contribution in [-0.2, 0) is 6.42 Å². The van der Waals surface area contributed by atoms with Crippen LogP contribution < -0.4 is 0 Å². The molecule has 1 saturated carbocycles. The zero-order valence-electron chi connectivity index (χ0n) is 16.1. The summed E-state index contributed by atoms with van der Waals surface area (Å²) in [6.45, 7) is 2.30. The molecule has 0 bridgehead atoms. The maximum atomic E-state index is 13.3. The Labute approximate surface area is 158 Å². The summed E-state index contributed by atoms with van der Waals surface area (Å²) < 4.78 is 39.7. The molecule has 0 atom stereocenters. The molecule has 1 heterocycles. The van der Waals surface area contributed by atoms with E-state index in [0.29, 0.717) is 17.9 Å². The second kappa shape index (κ2) is 9.43. The van der Waals surface area contributed by atoms with Crippen molar-refractivity contribution in [2.75, 3.05) is 0 Å². The first-order chi connectivity index (χ1) is 12.6. The molecular weight excluding hydrogens is 349 g/mol. The fourth-order valence-electron chi connectivity index (χ4n) is 5.43. The maximum Gasteiger partial charge on any atom is 0.194 e. The van der Waals surface area contributed by atoms with Gasteiger partial charge in [-0.25, -0.2) is 13.2 Å². The zero-order chi connectivity index (χ0) is 18.5. The smallest absolute Gasteiger partial charge is 0.194 e. The predicted octanol–water partition coefficient (Wildman–Crippen LogP) is 7.03. The van der Waals surface area contributed by atoms with Crippen molar-refractivity contribution in [3.05, 3.63) is 35.1 Å². The van der Waals surface area contributed by atoms with Gasteiger partial charge in [-0.2, -0.15) is 0 Å². The third kappa shape index (κ3) is 5.14. The highest BCUT2D eigenvalue weighted by molar-refractivity contribution is 6.60. The number of aryl methyl sites for hydroxylation is 1. The highest BCUT2D eigenvalue weighted by atomic mass is 28.3. The second-order valence-electron chi connectivity index (χ2n) is 8.76. The van der Waals surface area contributed by atoms with Crippen molar-refractivity contribution < 1.29 is 13.2 Å². The van der Waals surface area contributed by atoms with Crippen LogP contribution in [0.2, 0.25) is 17.6 Å². The van der Waals surface area contributed by atoms with Gasteiger partial charge in [0.2, 0.25) is 0 Å². The third-order valence-corrected chi connectivity index (χ3v) is 11.2. The molecule has 1 aliphatic heterocycles. The van der Waals surface area contributed by atoms with Crippen molar-refractivity contribution in [1.82, 2.24) is 0 Å². The Hall–Kier alpha value is -0.773. The van der Waals surface area contributed by atoms with Gasteiger partial charge in [0.15, 0.2) is 17.5 Å². The average Bonchev–Trinajstić information content (AvgIpc) is 2.66. The molecule has 0 aromatic heterocycles. The highest BCUT2D eigenvalue weighted by Gasteiger charge is 2.31. The molecule has 146 valence electrons. The second-order valence-corrected chi connectivity index (χ2v) is 12.4. The molecule has 26 heavy (non-hydrogen) atoms. The average molecular weight is 383 g/mol. The molecule has 2 fully saturated rings. The Morgan fingerprint density at radius 2 is 1.42 bits per heavy atom. The fourth-order valence-corrected chi connectivity index (χ4v) is 9.79. The first-order valence-electron chi connectivity index (χ1n) is 10.7. The van der Waals surface area contributed by atoms with Crippen LogP contribution in [0.25, 0.3) is 0 Å². The van der Waals surface area contributed by atoms with Gasteiger partial charge in [0, 0.05) is 8.80 Å². The van der Waals surface area contributed by atoms with E-state index < -0.39 is 26.2 Å². The lowest BCUT2D eigenvalue weighted by molar-refractivity contribution is 0.330. The minimum absolute atomic E-state index is 0.585. The maximum absolute atomic E-state index is 13.3. The molecule has 1 aromatic rings. The van der Waals surface area contributed by atoms with E-state index in [-0.39, 0.29) is 0 Å². The van der Waals surface area contributed by atoms with Crippen LogP contribution in [0.4, 0.5) is 13.2 Å². The lowest BCUT2D eigenvalue weighted by Gasteiger charge is -2.37. The van der Waals surface area contributed by atoms with Gasteiger partial charge in [0.1, 0.15) is 0 Å². The van der Waals surface area contributed by atoms with Crippen molar-refractivity contribution in [3.63, 3.8) is 0 Å². The van der Waals surface area contributed by atoms with Crippen molar-refractivity contribution in [3.8, 4) is 0 Å². The third-order valence-electron chi connectivity index (χ3n) is 7.03. The number of benzene rings is 1. The largest absolute Gasteiger partial charge is 0.204 e. The summed E-state index contributed by atoms with van der Waals surface area (Å²) in [6, 6.07) is 5.24.